The number of rotatable bonds is 7. The largest absolute Gasteiger partial charge is 0.384 e. The van der Waals surface area contributed by atoms with Crippen LogP contribution in [0.3, 0.4) is 0 Å². The van der Waals surface area contributed by atoms with E-state index in [0.29, 0.717) is 6.04 Å². The molecule has 2 aromatic heterocycles. The Bertz CT molecular complexity index is 806. The second-order valence-corrected chi connectivity index (χ2v) is 6.35. The number of hydrogen-bond acceptors (Lipinski definition) is 4. The van der Waals surface area contributed by atoms with Gasteiger partial charge in [0.1, 0.15) is 12.2 Å². The highest BCUT2D eigenvalue weighted by Gasteiger charge is 2.08. The molecule has 0 fully saturated rings. The van der Waals surface area contributed by atoms with Gasteiger partial charge in [0.15, 0.2) is 0 Å². The Morgan fingerprint density at radius 3 is 2.79 bits per heavy atom. The lowest BCUT2D eigenvalue weighted by atomic mass is 10.1. The fourth-order valence-corrected chi connectivity index (χ4v) is 2.95. The van der Waals surface area contributed by atoms with E-state index in [1.165, 1.54) is 5.39 Å². The predicted octanol–water partition coefficient (Wildman–Crippen LogP) is 4.01. The van der Waals surface area contributed by atoms with Crippen LogP contribution in [0.15, 0.2) is 36.7 Å². The van der Waals surface area contributed by atoms with Gasteiger partial charge in [-0.3, -0.25) is 4.98 Å². The third-order valence-electron chi connectivity index (χ3n) is 4.14. The number of benzene rings is 1. The number of para-hydroxylation sites is 1. The summed E-state index contributed by atoms with van der Waals surface area (Å²) in [6, 6.07) is 10.9. The molecule has 1 N–H and O–H groups in total. The van der Waals surface area contributed by atoms with Crippen LogP contribution in [0.1, 0.15) is 44.8 Å². The van der Waals surface area contributed by atoms with Gasteiger partial charge in [0.25, 0.3) is 0 Å². The average molecular weight is 323 g/mol. The molecule has 0 saturated carbocycles. The van der Waals surface area contributed by atoms with Crippen molar-refractivity contribution in [2.45, 2.75) is 46.1 Å². The predicted molar refractivity (Wildman–Crippen MR) is 98.3 cm³/mol. The number of fused-ring (bicyclic) bond motifs is 1. The maximum absolute atomic E-state index is 4.75. The summed E-state index contributed by atoms with van der Waals surface area (Å²) < 4.78 is 2.12. The zero-order chi connectivity index (χ0) is 16.9. The van der Waals surface area contributed by atoms with Crippen molar-refractivity contribution in [1.82, 2.24) is 19.7 Å². The number of aryl methyl sites for hydroxylation is 1. The number of hydrogen-bond donors (Lipinski definition) is 1. The lowest BCUT2D eigenvalue weighted by molar-refractivity contribution is 0.568. The van der Waals surface area contributed by atoms with Crippen molar-refractivity contribution in [3.05, 3.63) is 48.2 Å². The molecule has 1 aromatic carbocycles. The van der Waals surface area contributed by atoms with Crippen LogP contribution in [0.5, 0.6) is 0 Å². The molecule has 126 valence electrons. The molecule has 0 saturated heterocycles. The van der Waals surface area contributed by atoms with E-state index in [9.17, 15) is 0 Å². The molecule has 0 aliphatic heterocycles. The summed E-state index contributed by atoms with van der Waals surface area (Å²) in [6.45, 7) is 7.30. The highest BCUT2D eigenvalue weighted by molar-refractivity contribution is 5.91. The summed E-state index contributed by atoms with van der Waals surface area (Å²) in [6.07, 6.45) is 4.75. The molecule has 5 nitrogen and oxygen atoms in total. The summed E-state index contributed by atoms with van der Waals surface area (Å²) in [5.41, 5.74) is 3.35. The maximum Gasteiger partial charge on any atom is 0.134 e. The van der Waals surface area contributed by atoms with Crippen molar-refractivity contribution in [2.24, 2.45) is 0 Å². The SMILES string of the molecule is CCCc1cc(NCCc2nncn2C(C)C)c2ccccc2n1. The van der Waals surface area contributed by atoms with E-state index >= 15 is 0 Å². The smallest absolute Gasteiger partial charge is 0.134 e. The van der Waals surface area contributed by atoms with Crippen molar-refractivity contribution in [1.29, 1.82) is 0 Å². The van der Waals surface area contributed by atoms with Gasteiger partial charge >= 0.3 is 0 Å². The number of nitrogens with zero attached hydrogens (tertiary/aromatic N) is 4. The Kier molecular flexibility index (Phi) is 5.08. The molecule has 0 aliphatic rings. The van der Waals surface area contributed by atoms with Crippen molar-refractivity contribution in [2.75, 3.05) is 11.9 Å². The van der Waals surface area contributed by atoms with Crippen molar-refractivity contribution < 1.29 is 0 Å². The van der Waals surface area contributed by atoms with Gasteiger partial charge in [-0.1, -0.05) is 31.5 Å². The highest BCUT2D eigenvalue weighted by Crippen LogP contribution is 2.23. The molecule has 0 radical (unpaired) electrons. The molecule has 0 amide bonds. The average Bonchev–Trinajstić information content (AvgIpc) is 3.04. The third kappa shape index (κ3) is 3.55. The van der Waals surface area contributed by atoms with Gasteiger partial charge in [-0.25, -0.2) is 0 Å². The second-order valence-electron chi connectivity index (χ2n) is 6.35. The van der Waals surface area contributed by atoms with Crippen LogP contribution in [-0.2, 0) is 12.8 Å². The monoisotopic (exact) mass is 323 g/mol. The molecule has 0 aliphatic carbocycles. The van der Waals surface area contributed by atoms with Crippen molar-refractivity contribution >= 4 is 16.6 Å². The van der Waals surface area contributed by atoms with Crippen LogP contribution < -0.4 is 5.32 Å². The van der Waals surface area contributed by atoms with Gasteiger partial charge < -0.3 is 9.88 Å². The van der Waals surface area contributed by atoms with E-state index in [-0.39, 0.29) is 0 Å². The lowest BCUT2D eigenvalue weighted by Gasteiger charge is -2.13. The Labute approximate surface area is 143 Å². The Morgan fingerprint density at radius 2 is 2.00 bits per heavy atom. The standard InChI is InChI=1S/C19H25N5/c1-4-7-15-12-18(16-8-5-6-9-17(16)22-15)20-11-10-19-23-21-13-24(19)14(2)3/h5-6,8-9,12-14H,4,7,10-11H2,1-3H3,(H,20,22). The molecule has 0 bridgehead atoms. The summed E-state index contributed by atoms with van der Waals surface area (Å²) in [7, 11) is 0. The normalized spacial score (nSPS) is 11.3. The fourth-order valence-electron chi connectivity index (χ4n) is 2.95. The number of nitrogens with one attached hydrogen (secondary N) is 1. The van der Waals surface area contributed by atoms with Crippen LogP contribution in [0.25, 0.3) is 10.9 Å². The minimum atomic E-state index is 0.382. The topological polar surface area (TPSA) is 55.6 Å². The molecule has 3 rings (SSSR count). The Hall–Kier alpha value is -2.43. The molecular formula is C19H25N5. The van der Waals surface area contributed by atoms with Gasteiger partial charge in [0.05, 0.1) is 5.52 Å². The molecule has 0 spiro atoms. The number of aromatic nitrogens is 4. The van der Waals surface area contributed by atoms with Crippen LogP contribution >= 0.6 is 0 Å². The van der Waals surface area contributed by atoms with E-state index in [2.05, 4.69) is 65.1 Å². The minimum absolute atomic E-state index is 0.382. The van der Waals surface area contributed by atoms with Gasteiger partial charge in [0, 0.05) is 35.8 Å². The molecule has 0 unspecified atom stereocenters. The maximum atomic E-state index is 4.75. The van der Waals surface area contributed by atoms with Crippen LogP contribution in [0.4, 0.5) is 5.69 Å². The van der Waals surface area contributed by atoms with Crippen LogP contribution in [-0.4, -0.2) is 26.3 Å². The third-order valence-corrected chi connectivity index (χ3v) is 4.14. The number of pyridine rings is 1. The number of anilines is 1. The van der Waals surface area contributed by atoms with Crippen LogP contribution in [0, 0.1) is 0 Å². The molecule has 3 aromatic rings. The second kappa shape index (κ2) is 7.43. The molecular weight excluding hydrogens is 298 g/mol. The highest BCUT2D eigenvalue weighted by atomic mass is 15.3. The Morgan fingerprint density at radius 1 is 1.17 bits per heavy atom. The van der Waals surface area contributed by atoms with E-state index in [0.717, 1.165) is 48.5 Å². The van der Waals surface area contributed by atoms with Gasteiger partial charge in [-0.15, -0.1) is 10.2 Å². The van der Waals surface area contributed by atoms with Gasteiger partial charge in [0.2, 0.25) is 0 Å². The first-order valence-electron chi connectivity index (χ1n) is 8.70. The fraction of sp³-hybridized carbons (Fsp3) is 0.421. The van der Waals surface area contributed by atoms with Crippen molar-refractivity contribution in [3.8, 4) is 0 Å². The molecule has 2 heterocycles. The van der Waals surface area contributed by atoms with E-state index in [1.54, 1.807) is 6.33 Å². The van der Waals surface area contributed by atoms with Crippen molar-refractivity contribution in [3.63, 3.8) is 0 Å². The zero-order valence-corrected chi connectivity index (χ0v) is 14.7. The Balaban J connectivity index is 1.78. The zero-order valence-electron chi connectivity index (χ0n) is 14.7. The summed E-state index contributed by atoms with van der Waals surface area (Å²) in [5, 5.41) is 13.0. The summed E-state index contributed by atoms with van der Waals surface area (Å²) in [5.74, 6) is 1.02. The first-order valence-corrected chi connectivity index (χ1v) is 8.70. The lowest BCUT2D eigenvalue weighted by Crippen LogP contribution is -2.12. The van der Waals surface area contributed by atoms with E-state index in [1.807, 2.05) is 6.07 Å². The summed E-state index contributed by atoms with van der Waals surface area (Å²) in [4.78, 5) is 4.75. The van der Waals surface area contributed by atoms with Gasteiger partial charge in [-0.05, 0) is 32.4 Å². The first-order chi connectivity index (χ1) is 11.7. The van der Waals surface area contributed by atoms with E-state index in [4.69, 9.17) is 4.98 Å². The molecule has 24 heavy (non-hydrogen) atoms. The molecule has 5 heteroatoms. The van der Waals surface area contributed by atoms with Gasteiger partial charge in [-0.2, -0.15) is 0 Å². The first kappa shape index (κ1) is 16.4. The van der Waals surface area contributed by atoms with E-state index < -0.39 is 0 Å². The minimum Gasteiger partial charge on any atom is -0.384 e. The summed E-state index contributed by atoms with van der Waals surface area (Å²) >= 11 is 0. The molecule has 0 atom stereocenters. The van der Waals surface area contributed by atoms with Crippen LogP contribution in [0.2, 0.25) is 0 Å². The quantitative estimate of drug-likeness (QED) is 0.713.